The van der Waals surface area contributed by atoms with Crippen molar-refractivity contribution < 1.29 is 17.5 Å². The Hall–Kier alpha value is -5.00. The average molecular weight is 550 g/mol. The Morgan fingerprint density at radius 1 is 0.950 bits per heavy atom. The number of halogens is 1. The average Bonchev–Trinajstić information content (AvgIpc) is 3.40. The van der Waals surface area contributed by atoms with E-state index in [1.807, 2.05) is 55.5 Å². The molecule has 0 atom stereocenters. The number of rotatable bonds is 8. The fraction of sp³-hybridized carbons (Fsp3) is 0.0625. The Bertz CT molecular complexity index is 1800. The fourth-order valence-corrected chi connectivity index (χ4v) is 5.19. The second kappa shape index (κ2) is 11.4. The number of ether oxygens (including phenoxy) is 1. The molecule has 6 nitrogen and oxygen atoms in total. The number of nitriles is 1. The van der Waals surface area contributed by atoms with Crippen LogP contribution in [-0.4, -0.2) is 18.2 Å². The van der Waals surface area contributed by atoms with Gasteiger partial charge in [-0.1, -0.05) is 48.0 Å². The summed E-state index contributed by atoms with van der Waals surface area (Å²) >= 11 is 0. The SMILES string of the molecule is Cc1ccc(S(=O)(=O)/C(C#N)=C\c2cn(-c3ccccc3)nc2-c2ccc(OCc3ccc(F)cc3)cc2)cc1. The highest BCUT2D eigenvalue weighted by molar-refractivity contribution is 7.95. The molecule has 1 aromatic heterocycles. The van der Waals surface area contributed by atoms with Gasteiger partial charge in [-0.25, -0.2) is 17.5 Å². The first-order chi connectivity index (χ1) is 19.3. The first-order valence-corrected chi connectivity index (χ1v) is 13.9. The van der Waals surface area contributed by atoms with Crippen molar-refractivity contribution in [3.63, 3.8) is 0 Å². The van der Waals surface area contributed by atoms with Crippen molar-refractivity contribution in [1.29, 1.82) is 5.26 Å². The van der Waals surface area contributed by atoms with Crippen LogP contribution in [0.1, 0.15) is 16.7 Å². The lowest BCUT2D eigenvalue weighted by molar-refractivity contribution is 0.306. The monoisotopic (exact) mass is 549 g/mol. The molecule has 0 spiro atoms. The summed E-state index contributed by atoms with van der Waals surface area (Å²) in [6.07, 6.45) is 3.06. The maximum absolute atomic E-state index is 13.3. The van der Waals surface area contributed by atoms with Crippen LogP contribution >= 0.6 is 0 Å². The Morgan fingerprint density at radius 3 is 2.27 bits per heavy atom. The highest BCUT2D eigenvalue weighted by Crippen LogP contribution is 2.30. The van der Waals surface area contributed by atoms with Gasteiger partial charge >= 0.3 is 0 Å². The third-order valence-corrected chi connectivity index (χ3v) is 7.91. The van der Waals surface area contributed by atoms with Crippen molar-refractivity contribution >= 4 is 15.9 Å². The molecular weight excluding hydrogens is 525 g/mol. The number of sulfone groups is 1. The van der Waals surface area contributed by atoms with E-state index in [1.54, 1.807) is 47.3 Å². The first kappa shape index (κ1) is 26.6. The zero-order valence-electron chi connectivity index (χ0n) is 21.5. The molecule has 40 heavy (non-hydrogen) atoms. The van der Waals surface area contributed by atoms with Crippen LogP contribution in [-0.2, 0) is 16.4 Å². The minimum absolute atomic E-state index is 0.0468. The number of para-hydroxylation sites is 1. The van der Waals surface area contributed by atoms with Crippen LogP contribution in [0.3, 0.4) is 0 Å². The van der Waals surface area contributed by atoms with Gasteiger partial charge in [0, 0.05) is 17.3 Å². The van der Waals surface area contributed by atoms with Crippen molar-refractivity contribution in [2.45, 2.75) is 18.4 Å². The largest absolute Gasteiger partial charge is 0.489 e. The summed E-state index contributed by atoms with van der Waals surface area (Å²) in [5.74, 6) is 0.298. The van der Waals surface area contributed by atoms with Crippen LogP contribution in [0, 0.1) is 24.1 Å². The molecule has 0 aliphatic rings. The second-order valence-corrected chi connectivity index (χ2v) is 11.0. The molecule has 5 aromatic rings. The summed E-state index contributed by atoms with van der Waals surface area (Å²) < 4.78 is 47.2. The maximum atomic E-state index is 13.3. The van der Waals surface area contributed by atoms with Gasteiger partial charge in [0.25, 0.3) is 0 Å². The van der Waals surface area contributed by atoms with E-state index in [4.69, 9.17) is 9.84 Å². The molecule has 0 saturated heterocycles. The van der Waals surface area contributed by atoms with Crippen molar-refractivity contribution in [2.75, 3.05) is 0 Å². The number of nitrogens with zero attached hydrogens (tertiary/aromatic N) is 3. The molecule has 1 heterocycles. The molecule has 8 heteroatoms. The summed E-state index contributed by atoms with van der Waals surface area (Å²) in [5, 5.41) is 14.6. The number of aromatic nitrogens is 2. The molecule has 198 valence electrons. The molecule has 0 aliphatic carbocycles. The lowest BCUT2D eigenvalue weighted by Gasteiger charge is -2.07. The van der Waals surface area contributed by atoms with Gasteiger partial charge in [-0.2, -0.15) is 10.4 Å². The molecule has 0 aliphatic heterocycles. The molecule has 0 N–H and O–H groups in total. The van der Waals surface area contributed by atoms with Crippen LogP contribution in [0.15, 0.2) is 119 Å². The highest BCUT2D eigenvalue weighted by Gasteiger charge is 2.22. The molecule has 5 rings (SSSR count). The third-order valence-electron chi connectivity index (χ3n) is 6.23. The predicted octanol–water partition coefficient (Wildman–Crippen LogP) is 6.90. The number of aryl methyl sites for hydroxylation is 1. The number of hydrogen-bond acceptors (Lipinski definition) is 5. The Kier molecular flexibility index (Phi) is 7.58. The number of hydrogen-bond donors (Lipinski definition) is 0. The maximum Gasteiger partial charge on any atom is 0.216 e. The highest BCUT2D eigenvalue weighted by atomic mass is 32.2. The zero-order chi connectivity index (χ0) is 28.1. The Labute approximate surface area is 232 Å². The van der Waals surface area contributed by atoms with Crippen LogP contribution in [0.4, 0.5) is 4.39 Å². The van der Waals surface area contributed by atoms with E-state index in [2.05, 4.69) is 0 Å². The van der Waals surface area contributed by atoms with Gasteiger partial charge in [0.05, 0.1) is 10.6 Å². The van der Waals surface area contributed by atoms with E-state index in [0.717, 1.165) is 16.8 Å². The standard InChI is InChI=1S/C32H24FN3O3S/c1-23-7-17-30(18-8-23)40(37,38)31(20-34)19-26-21-36(28-5-3-2-4-6-28)35-32(26)25-11-15-29(16-12-25)39-22-24-9-13-27(33)14-10-24/h2-19,21H,22H2,1H3/b31-19-. The Balaban J connectivity index is 1.50. The summed E-state index contributed by atoms with van der Waals surface area (Å²) in [4.78, 5) is -0.338. The van der Waals surface area contributed by atoms with Gasteiger partial charge in [-0.05, 0) is 79.2 Å². The van der Waals surface area contributed by atoms with Crippen molar-refractivity contribution in [2.24, 2.45) is 0 Å². The minimum Gasteiger partial charge on any atom is -0.489 e. The number of benzene rings is 4. The van der Waals surface area contributed by atoms with Crippen LogP contribution in [0.5, 0.6) is 5.75 Å². The van der Waals surface area contributed by atoms with E-state index in [1.165, 1.54) is 30.3 Å². The minimum atomic E-state index is -4.04. The molecule has 4 aromatic carbocycles. The van der Waals surface area contributed by atoms with Crippen molar-refractivity contribution in [3.8, 4) is 28.8 Å². The molecule has 0 bridgehead atoms. The fourth-order valence-electron chi connectivity index (χ4n) is 4.04. The van der Waals surface area contributed by atoms with E-state index >= 15 is 0 Å². The molecule has 0 amide bonds. The molecular formula is C32H24FN3O3S. The topological polar surface area (TPSA) is 85.0 Å². The van der Waals surface area contributed by atoms with E-state index < -0.39 is 9.84 Å². The summed E-state index contributed by atoms with van der Waals surface area (Å²) in [6.45, 7) is 2.14. The van der Waals surface area contributed by atoms with Gasteiger partial charge < -0.3 is 4.74 Å². The normalized spacial score (nSPS) is 11.7. The van der Waals surface area contributed by atoms with Crippen LogP contribution in [0.2, 0.25) is 0 Å². The van der Waals surface area contributed by atoms with Gasteiger partial charge in [0.15, 0.2) is 0 Å². The van der Waals surface area contributed by atoms with Gasteiger partial charge in [-0.3, -0.25) is 0 Å². The summed E-state index contributed by atoms with van der Waals surface area (Å²) in [7, 11) is -4.04. The predicted molar refractivity (Wildman–Crippen MR) is 152 cm³/mol. The van der Waals surface area contributed by atoms with E-state index in [0.29, 0.717) is 22.6 Å². The van der Waals surface area contributed by atoms with E-state index in [9.17, 15) is 18.1 Å². The lowest BCUT2D eigenvalue weighted by atomic mass is 10.1. The third kappa shape index (κ3) is 5.85. The van der Waals surface area contributed by atoms with Crippen molar-refractivity contribution in [3.05, 3.63) is 137 Å². The van der Waals surface area contributed by atoms with Crippen LogP contribution < -0.4 is 4.74 Å². The Morgan fingerprint density at radius 2 is 1.62 bits per heavy atom. The van der Waals surface area contributed by atoms with Gasteiger partial charge in [0.1, 0.15) is 34.8 Å². The van der Waals surface area contributed by atoms with Crippen molar-refractivity contribution in [1.82, 2.24) is 9.78 Å². The first-order valence-electron chi connectivity index (χ1n) is 12.4. The molecule has 0 fully saturated rings. The van der Waals surface area contributed by atoms with Gasteiger partial charge in [-0.15, -0.1) is 0 Å². The second-order valence-electron chi connectivity index (χ2n) is 9.09. The summed E-state index contributed by atoms with van der Waals surface area (Å²) in [6, 6.07) is 30.9. The molecule has 0 saturated carbocycles. The van der Waals surface area contributed by atoms with Gasteiger partial charge in [0.2, 0.25) is 9.84 Å². The van der Waals surface area contributed by atoms with E-state index in [-0.39, 0.29) is 22.2 Å². The molecule has 0 radical (unpaired) electrons. The zero-order valence-corrected chi connectivity index (χ0v) is 22.3. The molecule has 0 unspecified atom stereocenters. The summed E-state index contributed by atoms with van der Waals surface area (Å²) in [5.41, 5.74) is 4.20. The smallest absolute Gasteiger partial charge is 0.216 e. The number of allylic oxidation sites excluding steroid dienone is 1. The quantitative estimate of drug-likeness (QED) is 0.197. The lowest BCUT2D eigenvalue weighted by Crippen LogP contribution is -2.03. The van der Waals surface area contributed by atoms with Crippen LogP contribution in [0.25, 0.3) is 23.0 Å².